The van der Waals surface area contributed by atoms with E-state index in [4.69, 9.17) is 4.74 Å². The Hall–Kier alpha value is -4.14. The topological polar surface area (TPSA) is 135 Å². The number of benzene rings is 2. The fourth-order valence-corrected chi connectivity index (χ4v) is 7.97. The molecule has 11 nitrogen and oxygen atoms in total. The second kappa shape index (κ2) is 13.4. The van der Waals surface area contributed by atoms with E-state index in [2.05, 4.69) is 20.2 Å². The average Bonchev–Trinajstić information content (AvgIpc) is 3.63. The number of imidazole rings is 1. The van der Waals surface area contributed by atoms with Crippen molar-refractivity contribution in [1.29, 1.82) is 0 Å². The first kappa shape index (κ1) is 32.4. The molecular weight excluding hydrogens is 635 g/mol. The third kappa shape index (κ3) is 6.61. The van der Waals surface area contributed by atoms with Gasteiger partial charge in [-0.15, -0.1) is 0 Å². The molecule has 2 saturated heterocycles. The Labute approximate surface area is 280 Å². The summed E-state index contributed by atoms with van der Waals surface area (Å²) < 4.78 is 23.4. The lowest BCUT2D eigenvalue weighted by atomic mass is 9.89. The number of aromatic nitrogens is 3. The number of aryl methyl sites for hydroxylation is 1. The third-order valence-electron chi connectivity index (χ3n) is 9.51. The molecule has 2 aliphatic rings. The number of piperidine rings is 1. The molecule has 2 fully saturated rings. The molecule has 5 heterocycles. The summed E-state index contributed by atoms with van der Waals surface area (Å²) in [4.78, 5) is 36.6. The van der Waals surface area contributed by atoms with Crippen molar-refractivity contribution in [2.75, 3.05) is 45.9 Å². The quantitative estimate of drug-likeness (QED) is 0.174. The number of pyridine rings is 1. The maximum atomic E-state index is 14.7. The van der Waals surface area contributed by atoms with Gasteiger partial charge < -0.3 is 30.2 Å². The van der Waals surface area contributed by atoms with Crippen LogP contribution < -0.4 is 10.2 Å². The van der Waals surface area contributed by atoms with Gasteiger partial charge in [-0.25, -0.2) is 9.37 Å². The summed E-state index contributed by atoms with van der Waals surface area (Å²) in [7, 11) is 0. The first-order valence-corrected chi connectivity index (χ1v) is 17.1. The SMILES string of the molecule is Cc1nc2ccccn2c1C(=O)N1CCOC2(CCN(Cc3cc(F)cc(CCNCC(O)c4ccc(O)c5[nH]c(=O)sc45)c3)CC2)C1. The Morgan fingerprint density at radius 3 is 2.81 bits per heavy atom. The molecule has 1 atom stereocenters. The van der Waals surface area contributed by atoms with Gasteiger partial charge in [0, 0.05) is 44.5 Å². The maximum absolute atomic E-state index is 14.7. The molecule has 7 rings (SSSR count). The number of amides is 1. The summed E-state index contributed by atoms with van der Waals surface area (Å²) in [6, 6.07) is 14.0. The summed E-state index contributed by atoms with van der Waals surface area (Å²) in [6.07, 6.45) is 3.14. The number of fused-ring (bicyclic) bond motifs is 2. The van der Waals surface area contributed by atoms with Crippen molar-refractivity contribution in [2.24, 2.45) is 0 Å². The lowest BCUT2D eigenvalue weighted by molar-refractivity contribution is -0.128. The predicted molar refractivity (Wildman–Crippen MR) is 181 cm³/mol. The highest BCUT2D eigenvalue weighted by Crippen LogP contribution is 2.33. The number of likely N-dealkylation sites (tertiary alicyclic amines) is 1. The molecule has 252 valence electrons. The minimum absolute atomic E-state index is 0.0238. The minimum atomic E-state index is -0.876. The van der Waals surface area contributed by atoms with Crippen molar-refractivity contribution in [3.63, 3.8) is 0 Å². The molecule has 48 heavy (non-hydrogen) atoms. The second-order valence-corrected chi connectivity index (χ2v) is 13.8. The van der Waals surface area contributed by atoms with Gasteiger partial charge in [-0.1, -0.05) is 29.5 Å². The Morgan fingerprint density at radius 2 is 1.98 bits per heavy atom. The standard InChI is InChI=1S/C35H39FN6O5S/c1-22-31(42-11-3-2-4-29(42)38-22)33(45)41-14-15-47-35(21-41)8-12-40(13-9-35)20-24-16-23(17-25(36)18-24)7-10-37-19-28(44)26-5-6-27(43)30-32(26)48-34(46)39-30/h2-6,11,16-18,28,37,43-44H,7-10,12-15,19-21H2,1H3,(H,39,46). The third-order valence-corrected chi connectivity index (χ3v) is 10.4. The maximum Gasteiger partial charge on any atom is 0.305 e. The van der Waals surface area contributed by atoms with Crippen LogP contribution in [0.4, 0.5) is 4.39 Å². The van der Waals surface area contributed by atoms with Gasteiger partial charge in [-0.05, 0) is 74.2 Å². The van der Waals surface area contributed by atoms with E-state index in [1.54, 1.807) is 18.2 Å². The van der Waals surface area contributed by atoms with Gasteiger partial charge in [0.1, 0.15) is 28.4 Å². The number of ether oxygens (including phenoxy) is 1. The van der Waals surface area contributed by atoms with E-state index in [-0.39, 0.29) is 28.9 Å². The Bertz CT molecular complexity index is 2020. The Balaban J connectivity index is 0.917. The average molecular weight is 675 g/mol. The number of aromatic hydroxyl groups is 1. The van der Waals surface area contributed by atoms with E-state index in [9.17, 15) is 24.2 Å². The van der Waals surface area contributed by atoms with E-state index in [1.165, 1.54) is 6.07 Å². The van der Waals surface area contributed by atoms with Crippen LogP contribution in [0, 0.1) is 12.7 Å². The van der Waals surface area contributed by atoms with E-state index >= 15 is 0 Å². The smallest absolute Gasteiger partial charge is 0.305 e. The molecule has 5 aromatic rings. The summed E-state index contributed by atoms with van der Waals surface area (Å²) in [6.45, 7) is 6.39. The molecule has 1 unspecified atom stereocenters. The van der Waals surface area contributed by atoms with Gasteiger partial charge in [0.05, 0.1) is 35.3 Å². The number of carbonyl (C=O) groups excluding carboxylic acids is 1. The number of H-pyrrole nitrogens is 1. The summed E-state index contributed by atoms with van der Waals surface area (Å²) in [5.74, 6) is -0.337. The minimum Gasteiger partial charge on any atom is -0.506 e. The number of hydrogen-bond acceptors (Lipinski definition) is 9. The van der Waals surface area contributed by atoms with Gasteiger partial charge in [-0.2, -0.15) is 0 Å². The van der Waals surface area contributed by atoms with Crippen molar-refractivity contribution < 1.29 is 24.1 Å². The summed E-state index contributed by atoms with van der Waals surface area (Å²) >= 11 is 0.952. The molecule has 0 saturated carbocycles. The molecule has 0 aliphatic carbocycles. The van der Waals surface area contributed by atoms with Crippen molar-refractivity contribution in [1.82, 2.24) is 29.5 Å². The highest BCUT2D eigenvalue weighted by molar-refractivity contribution is 7.16. The molecular formula is C35H39FN6O5S. The van der Waals surface area contributed by atoms with Crippen LogP contribution in [-0.4, -0.2) is 91.8 Å². The lowest BCUT2D eigenvalue weighted by Gasteiger charge is -2.47. The number of carbonyl (C=O) groups is 1. The number of hydrogen-bond donors (Lipinski definition) is 4. The van der Waals surface area contributed by atoms with E-state index < -0.39 is 11.7 Å². The number of halogens is 1. The van der Waals surface area contributed by atoms with Crippen LogP contribution in [0.5, 0.6) is 5.75 Å². The molecule has 2 aromatic carbocycles. The van der Waals surface area contributed by atoms with Crippen LogP contribution in [0.2, 0.25) is 0 Å². The number of nitrogens with one attached hydrogen (secondary N) is 2. The molecule has 3 aromatic heterocycles. The zero-order valence-electron chi connectivity index (χ0n) is 26.7. The van der Waals surface area contributed by atoms with Crippen molar-refractivity contribution in [2.45, 2.75) is 44.4 Å². The fourth-order valence-electron chi connectivity index (χ4n) is 7.05. The van der Waals surface area contributed by atoms with Crippen LogP contribution in [-0.2, 0) is 17.7 Å². The van der Waals surface area contributed by atoms with E-state index in [1.807, 2.05) is 46.7 Å². The zero-order chi connectivity index (χ0) is 33.4. The van der Waals surface area contributed by atoms with Crippen LogP contribution >= 0.6 is 11.3 Å². The summed E-state index contributed by atoms with van der Waals surface area (Å²) in [5, 5.41) is 24.0. The highest BCUT2D eigenvalue weighted by Gasteiger charge is 2.41. The number of rotatable bonds is 9. The Morgan fingerprint density at radius 1 is 1.17 bits per heavy atom. The molecule has 1 amide bonds. The molecule has 4 N–H and O–H groups in total. The number of aliphatic hydroxyl groups is 1. The second-order valence-electron chi connectivity index (χ2n) is 12.8. The van der Waals surface area contributed by atoms with Crippen molar-refractivity contribution in [3.05, 3.63) is 98.3 Å². The number of aromatic amines is 1. The predicted octanol–water partition coefficient (Wildman–Crippen LogP) is 3.76. The van der Waals surface area contributed by atoms with Crippen molar-refractivity contribution >= 4 is 33.1 Å². The van der Waals surface area contributed by atoms with Crippen LogP contribution in [0.3, 0.4) is 0 Å². The van der Waals surface area contributed by atoms with E-state index in [0.29, 0.717) is 60.7 Å². The van der Waals surface area contributed by atoms with Crippen LogP contribution in [0.25, 0.3) is 15.9 Å². The van der Waals surface area contributed by atoms with Gasteiger partial charge in [-0.3, -0.25) is 18.9 Å². The highest BCUT2D eigenvalue weighted by atomic mass is 32.1. The normalized spacial score (nSPS) is 17.4. The Kier molecular flexibility index (Phi) is 9.05. The molecule has 0 radical (unpaired) electrons. The van der Waals surface area contributed by atoms with E-state index in [0.717, 1.165) is 59.7 Å². The van der Waals surface area contributed by atoms with Crippen LogP contribution in [0.1, 0.15) is 51.8 Å². The lowest BCUT2D eigenvalue weighted by Crippen LogP contribution is -2.58. The number of phenolic OH excluding ortho intramolecular Hbond substituents is 1. The number of morpholine rings is 1. The number of phenols is 1. The molecule has 1 spiro atoms. The number of nitrogens with zero attached hydrogens (tertiary/aromatic N) is 4. The molecule has 13 heteroatoms. The first-order valence-electron chi connectivity index (χ1n) is 16.3. The van der Waals surface area contributed by atoms with Crippen molar-refractivity contribution in [3.8, 4) is 5.75 Å². The van der Waals surface area contributed by atoms with Gasteiger partial charge >= 0.3 is 4.87 Å². The van der Waals surface area contributed by atoms with Gasteiger partial charge in [0.2, 0.25) is 0 Å². The molecule has 2 aliphatic heterocycles. The van der Waals surface area contributed by atoms with Crippen LogP contribution in [0.15, 0.2) is 59.5 Å². The fraction of sp³-hybridized carbons (Fsp3) is 0.400. The zero-order valence-corrected chi connectivity index (χ0v) is 27.6. The monoisotopic (exact) mass is 674 g/mol. The summed E-state index contributed by atoms with van der Waals surface area (Å²) in [5.41, 5.74) is 4.34. The van der Waals surface area contributed by atoms with Gasteiger partial charge in [0.15, 0.2) is 0 Å². The number of thiazole rings is 1. The van der Waals surface area contributed by atoms with Gasteiger partial charge in [0.25, 0.3) is 5.91 Å². The molecule has 0 bridgehead atoms. The number of aliphatic hydroxyl groups excluding tert-OH is 1. The largest absolute Gasteiger partial charge is 0.506 e. The first-order chi connectivity index (χ1) is 23.2.